The zero-order valence-corrected chi connectivity index (χ0v) is 17.0. The van der Waals surface area contributed by atoms with Crippen LogP contribution in [0.4, 0.5) is 15.9 Å². The van der Waals surface area contributed by atoms with E-state index in [1.54, 1.807) is 18.3 Å². The second-order valence-electron chi connectivity index (χ2n) is 5.90. The summed E-state index contributed by atoms with van der Waals surface area (Å²) in [6, 6.07) is 10.3. The average molecular weight is 480 g/mol. The molecular weight excluding hydrogens is 467 g/mol. The van der Waals surface area contributed by atoms with Crippen molar-refractivity contribution in [3.8, 4) is 0 Å². The number of hydrogen-bond donors (Lipinski definition) is 1. The highest BCUT2D eigenvalue weighted by Crippen LogP contribution is 2.24. The minimum atomic E-state index is -0.511. The SMILES string of the molecule is O=C(/C=C/c1cccc([N+](=O)[O-])c1)Nc1nn(Cc2c(F)cccc2Cl)cc1Br. The Morgan fingerprint density at radius 2 is 2.10 bits per heavy atom. The summed E-state index contributed by atoms with van der Waals surface area (Å²) >= 11 is 9.32. The van der Waals surface area contributed by atoms with Crippen LogP contribution in [0, 0.1) is 15.9 Å². The van der Waals surface area contributed by atoms with E-state index in [0.29, 0.717) is 10.0 Å². The van der Waals surface area contributed by atoms with Crippen molar-refractivity contribution >= 4 is 51.0 Å². The predicted molar refractivity (Wildman–Crippen MR) is 111 cm³/mol. The predicted octanol–water partition coefficient (Wildman–Crippen LogP) is 5.05. The van der Waals surface area contributed by atoms with Gasteiger partial charge in [-0.25, -0.2) is 4.39 Å². The number of nitro groups is 1. The molecule has 10 heteroatoms. The molecule has 0 radical (unpaired) electrons. The van der Waals surface area contributed by atoms with Gasteiger partial charge in [-0.1, -0.05) is 29.8 Å². The minimum Gasteiger partial charge on any atom is -0.305 e. The Balaban J connectivity index is 1.70. The first kappa shape index (κ1) is 20.7. The molecule has 1 amide bonds. The molecule has 0 atom stereocenters. The molecule has 29 heavy (non-hydrogen) atoms. The van der Waals surface area contributed by atoms with Gasteiger partial charge in [0.1, 0.15) is 5.82 Å². The number of hydrogen-bond acceptors (Lipinski definition) is 4. The smallest absolute Gasteiger partial charge is 0.270 e. The number of nitrogens with zero attached hydrogens (tertiary/aromatic N) is 3. The first-order chi connectivity index (χ1) is 13.8. The van der Waals surface area contributed by atoms with Gasteiger partial charge in [-0.05, 0) is 39.7 Å². The molecular formula is C19H13BrClFN4O3. The monoisotopic (exact) mass is 478 g/mol. The molecule has 0 aliphatic carbocycles. The number of benzene rings is 2. The second-order valence-corrected chi connectivity index (χ2v) is 7.16. The highest BCUT2D eigenvalue weighted by Gasteiger charge is 2.13. The Kier molecular flexibility index (Phi) is 6.40. The van der Waals surface area contributed by atoms with E-state index >= 15 is 0 Å². The third-order valence-corrected chi connectivity index (χ3v) is 4.78. The third-order valence-electron chi connectivity index (χ3n) is 3.85. The first-order valence-electron chi connectivity index (χ1n) is 8.23. The third kappa shape index (κ3) is 5.27. The van der Waals surface area contributed by atoms with Gasteiger partial charge < -0.3 is 5.32 Å². The van der Waals surface area contributed by atoms with Gasteiger partial charge >= 0.3 is 0 Å². The van der Waals surface area contributed by atoms with Crippen LogP contribution in [0.25, 0.3) is 6.08 Å². The summed E-state index contributed by atoms with van der Waals surface area (Å²) in [5.41, 5.74) is 0.724. The summed E-state index contributed by atoms with van der Waals surface area (Å²) in [5.74, 6) is -0.688. The van der Waals surface area contributed by atoms with Crippen molar-refractivity contribution in [2.45, 2.75) is 6.54 Å². The second kappa shape index (κ2) is 8.97. The van der Waals surface area contributed by atoms with Crippen molar-refractivity contribution in [2.75, 3.05) is 5.32 Å². The van der Waals surface area contributed by atoms with Crippen LogP contribution in [0.15, 0.2) is 59.2 Å². The number of non-ortho nitro benzene ring substituents is 1. The molecule has 1 N–H and O–H groups in total. The fourth-order valence-electron chi connectivity index (χ4n) is 2.48. The normalized spacial score (nSPS) is 11.0. The number of amides is 1. The standard InChI is InChI=1S/C19H13BrClFN4O3/c20-15-11-25(10-14-16(21)5-2-6-17(14)22)24-19(15)23-18(27)8-7-12-3-1-4-13(9-12)26(28)29/h1-9,11H,10H2,(H,23,24,27)/b8-7+. The van der Waals surface area contributed by atoms with Gasteiger partial charge in [0.2, 0.25) is 5.91 Å². The molecule has 0 saturated heterocycles. The molecule has 3 aromatic rings. The van der Waals surface area contributed by atoms with E-state index in [1.165, 1.54) is 47.2 Å². The van der Waals surface area contributed by atoms with Gasteiger partial charge in [-0.15, -0.1) is 0 Å². The first-order valence-corrected chi connectivity index (χ1v) is 9.40. The quantitative estimate of drug-likeness (QED) is 0.304. The number of halogens is 3. The maximum atomic E-state index is 13.9. The molecule has 0 aliphatic rings. The van der Waals surface area contributed by atoms with Crippen LogP contribution >= 0.6 is 27.5 Å². The molecule has 0 fully saturated rings. The molecule has 148 valence electrons. The van der Waals surface area contributed by atoms with E-state index in [2.05, 4.69) is 26.3 Å². The Morgan fingerprint density at radius 3 is 2.83 bits per heavy atom. The van der Waals surface area contributed by atoms with Gasteiger partial charge in [-0.2, -0.15) is 5.10 Å². The molecule has 0 aliphatic heterocycles. The van der Waals surface area contributed by atoms with Gasteiger partial charge in [0.25, 0.3) is 5.69 Å². The molecule has 2 aromatic carbocycles. The van der Waals surface area contributed by atoms with Gasteiger partial charge in [0, 0.05) is 35.0 Å². The van der Waals surface area contributed by atoms with Crippen LogP contribution in [0.3, 0.4) is 0 Å². The largest absolute Gasteiger partial charge is 0.305 e. The molecule has 7 nitrogen and oxygen atoms in total. The lowest BCUT2D eigenvalue weighted by atomic mass is 10.2. The van der Waals surface area contributed by atoms with Crippen molar-refractivity contribution in [1.82, 2.24) is 9.78 Å². The van der Waals surface area contributed by atoms with E-state index < -0.39 is 16.6 Å². The van der Waals surface area contributed by atoms with Crippen molar-refractivity contribution < 1.29 is 14.1 Å². The van der Waals surface area contributed by atoms with Crippen LogP contribution < -0.4 is 5.32 Å². The van der Waals surface area contributed by atoms with Crippen LogP contribution in [0.1, 0.15) is 11.1 Å². The number of aromatic nitrogens is 2. The molecule has 0 spiro atoms. The van der Waals surface area contributed by atoms with Gasteiger partial charge in [0.05, 0.1) is 15.9 Å². The van der Waals surface area contributed by atoms with Gasteiger partial charge in [-0.3, -0.25) is 19.6 Å². The summed E-state index contributed by atoms with van der Waals surface area (Å²) in [6.07, 6.45) is 4.27. The van der Waals surface area contributed by atoms with E-state index in [-0.39, 0.29) is 28.6 Å². The lowest BCUT2D eigenvalue weighted by molar-refractivity contribution is -0.384. The Hall–Kier alpha value is -3.04. The molecule has 0 unspecified atom stereocenters. The number of anilines is 1. The zero-order valence-electron chi connectivity index (χ0n) is 14.7. The van der Waals surface area contributed by atoms with E-state index in [9.17, 15) is 19.3 Å². The van der Waals surface area contributed by atoms with Crippen LogP contribution in [-0.2, 0) is 11.3 Å². The number of rotatable bonds is 6. The molecule has 1 aromatic heterocycles. The summed E-state index contributed by atoms with van der Waals surface area (Å²) in [7, 11) is 0. The topological polar surface area (TPSA) is 90.1 Å². The lowest BCUT2D eigenvalue weighted by Gasteiger charge is -2.05. The summed E-state index contributed by atoms with van der Waals surface area (Å²) in [5, 5.41) is 17.9. The minimum absolute atomic E-state index is 0.0687. The maximum absolute atomic E-state index is 13.9. The van der Waals surface area contributed by atoms with Crippen LogP contribution in [0.5, 0.6) is 0 Å². The van der Waals surface area contributed by atoms with E-state index in [0.717, 1.165) is 0 Å². The summed E-state index contributed by atoms with van der Waals surface area (Å²) < 4.78 is 15.9. The molecule has 1 heterocycles. The van der Waals surface area contributed by atoms with Gasteiger partial charge in [0.15, 0.2) is 5.82 Å². The summed E-state index contributed by atoms with van der Waals surface area (Å²) in [6.45, 7) is 0.0868. The zero-order chi connectivity index (χ0) is 21.0. The van der Waals surface area contributed by atoms with Crippen molar-refractivity contribution in [2.24, 2.45) is 0 Å². The average Bonchev–Trinajstić information content (AvgIpc) is 3.02. The highest BCUT2D eigenvalue weighted by atomic mass is 79.9. The summed E-state index contributed by atoms with van der Waals surface area (Å²) in [4.78, 5) is 22.4. The van der Waals surface area contributed by atoms with Crippen LogP contribution in [0.2, 0.25) is 5.02 Å². The lowest BCUT2D eigenvalue weighted by Crippen LogP contribution is -2.10. The van der Waals surface area contributed by atoms with Crippen molar-refractivity contribution in [3.05, 3.63) is 91.3 Å². The van der Waals surface area contributed by atoms with Crippen molar-refractivity contribution in [3.63, 3.8) is 0 Å². The number of nitrogens with one attached hydrogen (secondary N) is 1. The van der Waals surface area contributed by atoms with Crippen LogP contribution in [-0.4, -0.2) is 20.6 Å². The van der Waals surface area contributed by atoms with E-state index in [4.69, 9.17) is 11.6 Å². The maximum Gasteiger partial charge on any atom is 0.270 e. The number of nitro benzene ring substituents is 1. The number of carbonyl (C=O) groups is 1. The molecule has 0 saturated carbocycles. The Labute approximate surface area is 178 Å². The fraction of sp³-hybridized carbons (Fsp3) is 0.0526. The highest BCUT2D eigenvalue weighted by molar-refractivity contribution is 9.10. The molecule has 3 rings (SSSR count). The Bertz CT molecular complexity index is 1100. The fourth-order valence-corrected chi connectivity index (χ4v) is 3.12. The molecule has 0 bridgehead atoms. The Morgan fingerprint density at radius 1 is 1.34 bits per heavy atom. The number of carbonyl (C=O) groups excluding carboxylic acids is 1. The van der Waals surface area contributed by atoms with Crippen molar-refractivity contribution in [1.29, 1.82) is 0 Å². The van der Waals surface area contributed by atoms with E-state index in [1.807, 2.05) is 0 Å².